The van der Waals surface area contributed by atoms with Crippen LogP contribution in [0.5, 0.6) is 0 Å². The van der Waals surface area contributed by atoms with Gasteiger partial charge in [-0.15, -0.1) is 5.10 Å². The topological polar surface area (TPSA) is 42.7 Å². The molecule has 0 aliphatic carbocycles. The van der Waals surface area contributed by atoms with Gasteiger partial charge in [-0.2, -0.15) is 0 Å². The first-order valence-electron chi connectivity index (χ1n) is 8.96. The first kappa shape index (κ1) is 18.1. The van der Waals surface area contributed by atoms with E-state index in [9.17, 15) is 0 Å². The molecule has 0 spiro atoms. The summed E-state index contributed by atoms with van der Waals surface area (Å²) in [5, 5.41) is 11.6. The van der Waals surface area contributed by atoms with Gasteiger partial charge in [0.15, 0.2) is 0 Å². The summed E-state index contributed by atoms with van der Waals surface area (Å²) in [4.78, 5) is 0. The summed E-state index contributed by atoms with van der Waals surface area (Å²) >= 11 is 0. The number of aromatic nitrogens is 3. The molecule has 1 rings (SSSR count). The Labute approximate surface area is 130 Å². The molecule has 1 heterocycles. The molecule has 21 heavy (non-hydrogen) atoms. The van der Waals surface area contributed by atoms with Crippen molar-refractivity contribution in [2.45, 2.75) is 91.1 Å². The van der Waals surface area contributed by atoms with E-state index in [2.05, 4.69) is 35.7 Å². The van der Waals surface area contributed by atoms with E-state index < -0.39 is 0 Å². The third-order valence-corrected chi connectivity index (χ3v) is 3.88. The van der Waals surface area contributed by atoms with Crippen molar-refractivity contribution in [1.29, 1.82) is 0 Å². The Balaban J connectivity index is 1.91. The molecule has 4 nitrogen and oxygen atoms in total. The Morgan fingerprint density at radius 3 is 2.14 bits per heavy atom. The Bertz CT molecular complexity index is 335. The Morgan fingerprint density at radius 1 is 0.905 bits per heavy atom. The van der Waals surface area contributed by atoms with Crippen LogP contribution in [0.3, 0.4) is 0 Å². The largest absolute Gasteiger partial charge is 0.311 e. The molecule has 0 aliphatic rings. The molecule has 0 unspecified atom stereocenters. The Hall–Kier alpha value is -0.900. The minimum atomic E-state index is 0.828. The van der Waals surface area contributed by atoms with E-state index in [1.807, 2.05) is 4.68 Å². The highest BCUT2D eigenvalue weighted by molar-refractivity contribution is 4.91. The summed E-state index contributed by atoms with van der Waals surface area (Å²) in [6, 6.07) is 0. The highest BCUT2D eigenvalue weighted by atomic mass is 15.4. The predicted molar refractivity (Wildman–Crippen MR) is 89.2 cm³/mol. The van der Waals surface area contributed by atoms with Gasteiger partial charge >= 0.3 is 0 Å². The van der Waals surface area contributed by atoms with Gasteiger partial charge in [0, 0.05) is 19.3 Å². The lowest BCUT2D eigenvalue weighted by molar-refractivity contribution is 0.507. The summed E-state index contributed by atoms with van der Waals surface area (Å²) in [5.74, 6) is 0. The molecular formula is C17H34N4. The lowest BCUT2D eigenvalue weighted by atomic mass is 10.1. The van der Waals surface area contributed by atoms with Gasteiger partial charge in [0.1, 0.15) is 0 Å². The number of unbranched alkanes of at least 4 members (excludes halogenated alkanes) is 9. The van der Waals surface area contributed by atoms with Crippen molar-refractivity contribution in [2.75, 3.05) is 6.54 Å². The maximum atomic E-state index is 4.17. The number of rotatable bonds is 14. The second-order valence-corrected chi connectivity index (χ2v) is 5.94. The number of nitrogens with zero attached hydrogens (tertiary/aromatic N) is 3. The molecule has 1 aromatic rings. The normalized spacial score (nSPS) is 11.1. The van der Waals surface area contributed by atoms with Crippen molar-refractivity contribution in [1.82, 2.24) is 20.3 Å². The van der Waals surface area contributed by atoms with Crippen LogP contribution >= 0.6 is 0 Å². The van der Waals surface area contributed by atoms with Gasteiger partial charge < -0.3 is 5.32 Å². The molecule has 0 atom stereocenters. The zero-order chi connectivity index (χ0) is 15.2. The minimum Gasteiger partial charge on any atom is -0.311 e. The van der Waals surface area contributed by atoms with Gasteiger partial charge in [-0.05, 0) is 13.0 Å². The van der Waals surface area contributed by atoms with Crippen molar-refractivity contribution < 1.29 is 0 Å². The molecular weight excluding hydrogens is 260 g/mol. The predicted octanol–water partition coefficient (Wildman–Crippen LogP) is 4.31. The highest BCUT2D eigenvalue weighted by Crippen LogP contribution is 2.10. The molecule has 1 aromatic heterocycles. The first-order chi connectivity index (χ1) is 10.4. The molecule has 0 amide bonds. The van der Waals surface area contributed by atoms with Crippen LogP contribution in [0.25, 0.3) is 0 Å². The second-order valence-electron chi connectivity index (χ2n) is 5.94. The molecule has 0 saturated heterocycles. The van der Waals surface area contributed by atoms with Crippen molar-refractivity contribution in [3.63, 3.8) is 0 Å². The summed E-state index contributed by atoms with van der Waals surface area (Å²) in [6.07, 6.45) is 15.8. The van der Waals surface area contributed by atoms with E-state index in [4.69, 9.17) is 0 Å². The summed E-state index contributed by atoms with van der Waals surface area (Å²) in [7, 11) is 0. The Morgan fingerprint density at radius 2 is 1.52 bits per heavy atom. The fourth-order valence-electron chi connectivity index (χ4n) is 2.54. The molecule has 0 bridgehead atoms. The zero-order valence-electron chi connectivity index (χ0n) is 14.1. The molecule has 122 valence electrons. The molecule has 0 aromatic carbocycles. The van der Waals surface area contributed by atoms with Gasteiger partial charge in [0.25, 0.3) is 0 Å². The zero-order valence-corrected chi connectivity index (χ0v) is 14.1. The maximum absolute atomic E-state index is 4.17. The fourth-order valence-corrected chi connectivity index (χ4v) is 2.54. The number of hydrogen-bond donors (Lipinski definition) is 1. The van der Waals surface area contributed by atoms with Gasteiger partial charge in [-0.3, -0.25) is 4.68 Å². The van der Waals surface area contributed by atoms with E-state index in [0.717, 1.165) is 25.3 Å². The van der Waals surface area contributed by atoms with Crippen LogP contribution in [0.15, 0.2) is 6.20 Å². The SMILES string of the molecule is CCCCCCCCCCCCn1cc(CNCC)nn1. The second kappa shape index (κ2) is 12.8. The monoisotopic (exact) mass is 294 g/mol. The fraction of sp³-hybridized carbons (Fsp3) is 0.882. The molecule has 4 heteroatoms. The van der Waals surface area contributed by atoms with E-state index in [0.29, 0.717) is 0 Å². The molecule has 1 N–H and O–H groups in total. The van der Waals surface area contributed by atoms with Gasteiger partial charge in [0.2, 0.25) is 0 Å². The standard InChI is InChI=1S/C17H34N4/c1-3-5-6-7-8-9-10-11-12-13-14-21-16-17(19-20-21)15-18-4-2/h16,18H,3-15H2,1-2H3. The van der Waals surface area contributed by atoms with Crippen LogP contribution in [-0.2, 0) is 13.1 Å². The van der Waals surface area contributed by atoms with Crippen molar-refractivity contribution >= 4 is 0 Å². The van der Waals surface area contributed by atoms with Gasteiger partial charge in [-0.25, -0.2) is 0 Å². The summed E-state index contributed by atoms with van der Waals surface area (Å²) < 4.78 is 1.98. The van der Waals surface area contributed by atoms with Crippen LogP contribution < -0.4 is 5.32 Å². The molecule has 0 saturated carbocycles. The van der Waals surface area contributed by atoms with E-state index in [1.165, 1.54) is 64.2 Å². The van der Waals surface area contributed by atoms with Crippen LogP contribution in [0, 0.1) is 0 Å². The average Bonchev–Trinajstić information content (AvgIpc) is 2.95. The lowest BCUT2D eigenvalue weighted by Gasteiger charge is -2.02. The van der Waals surface area contributed by atoms with Crippen LogP contribution in [0.1, 0.15) is 83.7 Å². The van der Waals surface area contributed by atoms with Crippen molar-refractivity contribution in [2.24, 2.45) is 0 Å². The highest BCUT2D eigenvalue weighted by Gasteiger charge is 1.99. The summed E-state index contributed by atoms with van der Waals surface area (Å²) in [5.41, 5.74) is 1.05. The average molecular weight is 294 g/mol. The van der Waals surface area contributed by atoms with Crippen molar-refractivity contribution in [3.05, 3.63) is 11.9 Å². The van der Waals surface area contributed by atoms with Gasteiger partial charge in [0.05, 0.1) is 5.69 Å². The third kappa shape index (κ3) is 9.62. The van der Waals surface area contributed by atoms with Crippen LogP contribution in [-0.4, -0.2) is 21.5 Å². The van der Waals surface area contributed by atoms with E-state index in [-0.39, 0.29) is 0 Å². The molecule has 0 fully saturated rings. The lowest BCUT2D eigenvalue weighted by Crippen LogP contribution is -2.11. The van der Waals surface area contributed by atoms with Gasteiger partial charge in [-0.1, -0.05) is 76.8 Å². The van der Waals surface area contributed by atoms with E-state index >= 15 is 0 Å². The smallest absolute Gasteiger partial charge is 0.0964 e. The number of hydrogen-bond acceptors (Lipinski definition) is 3. The Kier molecular flexibility index (Phi) is 11.1. The summed E-state index contributed by atoms with van der Waals surface area (Å²) in [6.45, 7) is 7.20. The third-order valence-electron chi connectivity index (χ3n) is 3.88. The number of aryl methyl sites for hydroxylation is 1. The van der Waals surface area contributed by atoms with E-state index in [1.54, 1.807) is 0 Å². The number of nitrogens with one attached hydrogen (secondary N) is 1. The minimum absolute atomic E-state index is 0.828. The van der Waals surface area contributed by atoms with Crippen LogP contribution in [0.2, 0.25) is 0 Å². The maximum Gasteiger partial charge on any atom is 0.0964 e. The van der Waals surface area contributed by atoms with Crippen LogP contribution in [0.4, 0.5) is 0 Å². The molecule has 0 aliphatic heterocycles. The first-order valence-corrected chi connectivity index (χ1v) is 8.96. The van der Waals surface area contributed by atoms with Crippen molar-refractivity contribution in [3.8, 4) is 0 Å². The quantitative estimate of drug-likeness (QED) is 0.520. The molecule has 0 radical (unpaired) electrons.